The van der Waals surface area contributed by atoms with Gasteiger partial charge in [-0.1, -0.05) is 48.5 Å². The third kappa shape index (κ3) is 1.85. The van der Waals surface area contributed by atoms with Crippen LogP contribution in [0.15, 0.2) is 84.9 Å². The van der Waals surface area contributed by atoms with E-state index in [1.165, 1.54) is 43.7 Å². The maximum Gasteiger partial charge on any atom is 0.223 e. The number of fused-ring (bicyclic) bond motifs is 12. The predicted molar refractivity (Wildman–Crippen MR) is 138 cm³/mol. The molecule has 0 aliphatic carbocycles. The van der Waals surface area contributed by atoms with Crippen molar-refractivity contribution in [1.82, 2.24) is 23.2 Å². The predicted octanol–water partition coefficient (Wildman–Crippen LogP) is 6.75. The summed E-state index contributed by atoms with van der Waals surface area (Å²) >= 11 is 0. The highest BCUT2D eigenvalue weighted by Gasteiger charge is 2.24. The van der Waals surface area contributed by atoms with Crippen molar-refractivity contribution >= 4 is 71.7 Å². The van der Waals surface area contributed by atoms with Crippen LogP contribution in [0.5, 0.6) is 0 Å². The number of aromatic nitrogens is 5. The fraction of sp³-hybridized carbons (Fsp3) is 0.0345. The number of nitrogens with zero attached hydrogens (tertiary/aromatic N) is 5. The molecule has 158 valence electrons. The molecule has 0 fully saturated rings. The van der Waals surface area contributed by atoms with E-state index in [1.807, 2.05) is 0 Å². The van der Waals surface area contributed by atoms with Crippen LogP contribution in [0.25, 0.3) is 71.7 Å². The molecule has 5 nitrogen and oxygen atoms in total. The third-order valence-corrected chi connectivity index (χ3v) is 7.33. The molecule has 0 bridgehead atoms. The zero-order valence-corrected chi connectivity index (χ0v) is 18.3. The van der Waals surface area contributed by atoms with Gasteiger partial charge in [0.15, 0.2) is 0 Å². The van der Waals surface area contributed by atoms with E-state index >= 15 is 0 Å². The zero-order valence-electron chi connectivity index (χ0n) is 18.3. The van der Waals surface area contributed by atoms with E-state index in [1.54, 1.807) is 0 Å². The van der Waals surface area contributed by atoms with Gasteiger partial charge >= 0.3 is 0 Å². The Balaban J connectivity index is 1.56. The zero-order chi connectivity index (χ0) is 22.1. The van der Waals surface area contributed by atoms with Gasteiger partial charge in [-0.2, -0.15) is 0 Å². The molecule has 0 aliphatic rings. The van der Waals surface area contributed by atoms with Gasteiger partial charge in [-0.05, 0) is 70.4 Å². The number of aryl methyl sites for hydroxylation is 1. The van der Waals surface area contributed by atoms with E-state index in [0.29, 0.717) is 0 Å². The van der Waals surface area contributed by atoms with E-state index < -0.39 is 0 Å². The molecule has 0 atom stereocenters. The molecule has 0 N–H and O–H groups in total. The SMILES string of the molecule is Cc1cc2c3c(c1)n1c4cc5ccccc5cc4nc1n3c1nc3cc4ccccc4cc3n21. The van der Waals surface area contributed by atoms with Crippen LogP contribution in [0.1, 0.15) is 5.56 Å². The minimum atomic E-state index is 0.908. The van der Waals surface area contributed by atoms with Gasteiger partial charge < -0.3 is 0 Å². The highest BCUT2D eigenvalue weighted by molar-refractivity contribution is 6.07. The first-order chi connectivity index (χ1) is 16.7. The average Bonchev–Trinajstić information content (AvgIpc) is 3.55. The third-order valence-electron chi connectivity index (χ3n) is 7.33. The molecule has 9 rings (SSSR count). The Morgan fingerprint density at radius 3 is 1.41 bits per heavy atom. The van der Waals surface area contributed by atoms with Crippen molar-refractivity contribution in [2.75, 3.05) is 0 Å². The molecule has 5 heteroatoms. The molecule has 0 unspecified atom stereocenters. The summed E-state index contributed by atoms with van der Waals surface area (Å²) in [7, 11) is 0. The first-order valence-electron chi connectivity index (χ1n) is 11.5. The summed E-state index contributed by atoms with van der Waals surface area (Å²) < 4.78 is 6.83. The van der Waals surface area contributed by atoms with Gasteiger partial charge in [0, 0.05) is 0 Å². The smallest absolute Gasteiger partial charge is 0.223 e. The summed E-state index contributed by atoms with van der Waals surface area (Å²) in [6, 6.07) is 30.4. The highest BCUT2D eigenvalue weighted by atomic mass is 15.3. The van der Waals surface area contributed by atoms with Crippen LogP contribution in [0.4, 0.5) is 0 Å². The first-order valence-corrected chi connectivity index (χ1v) is 11.5. The molecule has 4 aromatic heterocycles. The maximum absolute atomic E-state index is 5.13. The van der Waals surface area contributed by atoms with Gasteiger partial charge in [-0.15, -0.1) is 0 Å². The summed E-state index contributed by atoms with van der Waals surface area (Å²) in [5.41, 5.74) is 8.99. The molecule has 5 aromatic carbocycles. The molecule has 0 saturated heterocycles. The Morgan fingerprint density at radius 1 is 0.500 bits per heavy atom. The van der Waals surface area contributed by atoms with Crippen molar-refractivity contribution in [2.24, 2.45) is 0 Å². The van der Waals surface area contributed by atoms with E-state index in [-0.39, 0.29) is 0 Å². The quantitative estimate of drug-likeness (QED) is 0.264. The number of imidazole rings is 4. The Kier molecular flexibility index (Phi) is 2.72. The number of hydrogen-bond donors (Lipinski definition) is 0. The van der Waals surface area contributed by atoms with Gasteiger partial charge in [0.1, 0.15) is 5.52 Å². The first kappa shape index (κ1) is 16.9. The lowest BCUT2D eigenvalue weighted by atomic mass is 10.1. The van der Waals surface area contributed by atoms with Gasteiger partial charge in [0.25, 0.3) is 0 Å². The van der Waals surface area contributed by atoms with Crippen LogP contribution < -0.4 is 0 Å². The maximum atomic E-state index is 5.13. The monoisotopic (exact) mass is 435 g/mol. The Hall–Kier alpha value is -4.64. The molecule has 0 amide bonds. The Morgan fingerprint density at radius 2 is 0.941 bits per heavy atom. The van der Waals surface area contributed by atoms with Crippen molar-refractivity contribution in [3.05, 3.63) is 90.5 Å². The summed E-state index contributed by atoms with van der Waals surface area (Å²) in [6.07, 6.45) is 0. The lowest BCUT2D eigenvalue weighted by molar-refractivity contribution is 1.15. The largest absolute Gasteiger partial charge is 0.276 e. The van der Waals surface area contributed by atoms with Crippen LogP contribution in [0.2, 0.25) is 0 Å². The van der Waals surface area contributed by atoms with Crippen LogP contribution in [-0.2, 0) is 0 Å². The molecule has 4 heterocycles. The topological polar surface area (TPSA) is 39.0 Å². The molecule has 0 aliphatic heterocycles. The molecule has 0 saturated carbocycles. The molecular formula is C29H17N5. The lowest BCUT2D eigenvalue weighted by Crippen LogP contribution is -1.88. The summed E-state index contributed by atoms with van der Waals surface area (Å²) in [4.78, 5) is 10.3. The molecule has 9 aromatic rings. The fourth-order valence-corrected chi connectivity index (χ4v) is 5.88. The molecule has 0 spiro atoms. The van der Waals surface area contributed by atoms with Crippen molar-refractivity contribution in [3.63, 3.8) is 0 Å². The molecule has 0 radical (unpaired) electrons. The van der Waals surface area contributed by atoms with Gasteiger partial charge in [0.2, 0.25) is 11.6 Å². The van der Waals surface area contributed by atoms with E-state index in [2.05, 4.69) is 105 Å². The van der Waals surface area contributed by atoms with Gasteiger partial charge in [-0.3, -0.25) is 8.80 Å². The van der Waals surface area contributed by atoms with Gasteiger partial charge in [-0.25, -0.2) is 14.4 Å². The van der Waals surface area contributed by atoms with Crippen molar-refractivity contribution in [1.29, 1.82) is 0 Å². The average molecular weight is 435 g/mol. The lowest BCUT2D eigenvalue weighted by Gasteiger charge is -2.02. The Labute approximate surface area is 192 Å². The number of benzene rings is 5. The number of rotatable bonds is 0. The second kappa shape index (κ2) is 5.46. The van der Waals surface area contributed by atoms with Crippen LogP contribution >= 0.6 is 0 Å². The normalized spacial score (nSPS) is 12.9. The fourth-order valence-electron chi connectivity index (χ4n) is 5.88. The highest BCUT2D eigenvalue weighted by Crippen LogP contribution is 2.36. The van der Waals surface area contributed by atoms with Crippen LogP contribution in [0.3, 0.4) is 0 Å². The second-order valence-electron chi connectivity index (χ2n) is 9.36. The van der Waals surface area contributed by atoms with E-state index in [9.17, 15) is 0 Å². The minimum absolute atomic E-state index is 0.908. The molecule has 34 heavy (non-hydrogen) atoms. The van der Waals surface area contributed by atoms with E-state index in [0.717, 1.165) is 33.6 Å². The summed E-state index contributed by atoms with van der Waals surface area (Å²) in [5, 5.41) is 4.86. The van der Waals surface area contributed by atoms with E-state index in [4.69, 9.17) is 9.97 Å². The van der Waals surface area contributed by atoms with Crippen LogP contribution in [-0.4, -0.2) is 23.2 Å². The van der Waals surface area contributed by atoms with Crippen molar-refractivity contribution in [3.8, 4) is 0 Å². The summed E-state index contributed by atoms with van der Waals surface area (Å²) in [5.74, 6) is 1.82. The van der Waals surface area contributed by atoms with Crippen molar-refractivity contribution < 1.29 is 0 Å². The second-order valence-corrected chi connectivity index (χ2v) is 9.36. The Bertz CT molecular complexity index is 2140. The van der Waals surface area contributed by atoms with Gasteiger partial charge in [0.05, 0.1) is 33.1 Å². The van der Waals surface area contributed by atoms with Crippen LogP contribution in [0, 0.1) is 6.92 Å². The molecular weight excluding hydrogens is 418 g/mol. The standard InChI is InChI=1S/C29H17N5/c1-16-10-25-27-26(11-16)33-24-15-20-9-5-3-7-18(20)13-22(24)31-29(33)34(27)28-30-21-12-17-6-2-4-8-19(17)14-23(21)32(25)28/h2-15H,1H3. The van der Waals surface area contributed by atoms with Crippen molar-refractivity contribution in [2.45, 2.75) is 6.92 Å². The number of hydrogen-bond acceptors (Lipinski definition) is 2. The summed E-state index contributed by atoms with van der Waals surface area (Å²) in [6.45, 7) is 2.17. The minimum Gasteiger partial charge on any atom is -0.276 e.